The van der Waals surface area contributed by atoms with Crippen molar-refractivity contribution >= 4 is 31.9 Å². The Morgan fingerprint density at radius 1 is 1.12 bits per heavy atom. The molecule has 0 radical (unpaired) electrons. The first-order valence-corrected chi connectivity index (χ1v) is 6.52. The van der Waals surface area contributed by atoms with Crippen molar-refractivity contribution in [3.05, 3.63) is 48.3 Å². The summed E-state index contributed by atoms with van der Waals surface area (Å²) in [6.45, 7) is 0. The van der Waals surface area contributed by atoms with Gasteiger partial charge in [0.25, 0.3) is 0 Å². The van der Waals surface area contributed by atoms with E-state index in [0.717, 1.165) is 4.35 Å². The Morgan fingerprint density at radius 2 is 1.76 bits per heavy atom. The van der Waals surface area contributed by atoms with Crippen LogP contribution in [0.25, 0.3) is 0 Å². The fraction of sp³-hybridized carbons (Fsp3) is 0. The number of hydrogen-bond acceptors (Lipinski definition) is 4. The summed E-state index contributed by atoms with van der Waals surface area (Å²) in [7, 11) is 0. The summed E-state index contributed by atoms with van der Waals surface area (Å²) in [6, 6.07) is 8.27. The SMILES string of the molecule is O=[As]c1ccc(C(=O)Nc2ncccn2)cc1. The molecule has 0 spiro atoms. The van der Waals surface area contributed by atoms with Crippen molar-refractivity contribution in [1.29, 1.82) is 0 Å². The van der Waals surface area contributed by atoms with E-state index in [1.54, 1.807) is 42.7 Å². The van der Waals surface area contributed by atoms with Gasteiger partial charge in [0.15, 0.2) is 0 Å². The predicted octanol–water partition coefficient (Wildman–Crippen LogP) is 0.404. The van der Waals surface area contributed by atoms with Gasteiger partial charge in [-0.3, -0.25) is 0 Å². The molecule has 1 aromatic carbocycles. The number of aromatic nitrogens is 2. The number of rotatable bonds is 3. The van der Waals surface area contributed by atoms with E-state index in [9.17, 15) is 8.53 Å². The molecule has 0 bridgehead atoms. The average molecular weight is 289 g/mol. The van der Waals surface area contributed by atoms with E-state index in [4.69, 9.17) is 0 Å². The molecule has 0 aliphatic carbocycles. The van der Waals surface area contributed by atoms with Crippen LogP contribution in [0, 0.1) is 0 Å². The molecule has 0 aliphatic heterocycles. The Kier molecular flexibility index (Phi) is 3.73. The van der Waals surface area contributed by atoms with Crippen LogP contribution in [0.4, 0.5) is 5.95 Å². The fourth-order valence-corrected chi connectivity index (χ4v) is 1.78. The standard InChI is InChI=1S/C11H8AsN3O2/c16-10(15-11-13-6-1-7-14-11)8-2-4-9(12-17)5-3-8/h1-7H,(H,13,14,15,16). The van der Waals surface area contributed by atoms with Crippen LogP contribution >= 0.6 is 0 Å². The quantitative estimate of drug-likeness (QED) is 0.830. The Bertz CT molecular complexity index is 528. The number of nitrogens with one attached hydrogen (secondary N) is 1. The zero-order valence-corrected chi connectivity index (χ0v) is 10.6. The van der Waals surface area contributed by atoms with Crippen molar-refractivity contribution in [1.82, 2.24) is 9.97 Å². The summed E-state index contributed by atoms with van der Waals surface area (Å²) in [5.41, 5.74) is 0.482. The van der Waals surface area contributed by atoms with Crippen molar-refractivity contribution in [2.45, 2.75) is 0 Å². The maximum absolute atomic E-state index is 11.8. The van der Waals surface area contributed by atoms with Gasteiger partial charge in [0.05, 0.1) is 0 Å². The van der Waals surface area contributed by atoms with Crippen molar-refractivity contribution in [3.63, 3.8) is 0 Å². The molecule has 0 fully saturated rings. The third-order valence-corrected chi connectivity index (χ3v) is 3.09. The topological polar surface area (TPSA) is 72.0 Å². The molecular formula is C11H8AsN3O2. The minimum atomic E-state index is -1.05. The molecule has 0 unspecified atom stereocenters. The molecule has 17 heavy (non-hydrogen) atoms. The van der Waals surface area contributed by atoms with Crippen LogP contribution in [0.5, 0.6) is 0 Å². The van der Waals surface area contributed by atoms with Gasteiger partial charge in [0, 0.05) is 0 Å². The van der Waals surface area contributed by atoms with E-state index in [2.05, 4.69) is 15.3 Å². The summed E-state index contributed by atoms with van der Waals surface area (Å²) >= 11 is -1.05. The van der Waals surface area contributed by atoms with Crippen molar-refractivity contribution < 1.29 is 8.53 Å². The summed E-state index contributed by atoms with van der Waals surface area (Å²) < 4.78 is 11.4. The van der Waals surface area contributed by atoms with Gasteiger partial charge in [-0.05, 0) is 0 Å². The summed E-state index contributed by atoms with van der Waals surface area (Å²) in [4.78, 5) is 19.5. The molecule has 2 aromatic rings. The first-order chi connectivity index (χ1) is 8.29. The fourth-order valence-electron chi connectivity index (χ4n) is 1.21. The first-order valence-electron chi connectivity index (χ1n) is 4.81. The Morgan fingerprint density at radius 3 is 2.35 bits per heavy atom. The molecule has 0 saturated carbocycles. The van der Waals surface area contributed by atoms with Gasteiger partial charge < -0.3 is 0 Å². The van der Waals surface area contributed by atoms with Gasteiger partial charge in [-0.2, -0.15) is 0 Å². The Hall–Kier alpha value is -1.87. The number of anilines is 1. The Balaban J connectivity index is 2.12. The molecule has 1 heterocycles. The third-order valence-electron chi connectivity index (χ3n) is 2.03. The second-order valence-electron chi connectivity index (χ2n) is 3.16. The average Bonchev–Trinajstić information content (AvgIpc) is 2.40. The van der Waals surface area contributed by atoms with Gasteiger partial charge in [0.1, 0.15) is 0 Å². The molecule has 6 heteroatoms. The normalized spacial score (nSPS) is 10.1. The van der Waals surface area contributed by atoms with Gasteiger partial charge in [0.2, 0.25) is 0 Å². The molecule has 1 N–H and O–H groups in total. The van der Waals surface area contributed by atoms with Gasteiger partial charge >= 0.3 is 104 Å². The van der Waals surface area contributed by atoms with Crippen LogP contribution < -0.4 is 9.67 Å². The van der Waals surface area contributed by atoms with Crippen LogP contribution in [-0.2, 0) is 3.74 Å². The van der Waals surface area contributed by atoms with Gasteiger partial charge in [-0.1, -0.05) is 0 Å². The second kappa shape index (κ2) is 5.45. The molecule has 1 amide bonds. The van der Waals surface area contributed by atoms with E-state index in [-0.39, 0.29) is 11.9 Å². The van der Waals surface area contributed by atoms with Crippen LogP contribution in [0.2, 0.25) is 0 Å². The summed E-state index contributed by atoms with van der Waals surface area (Å²) in [5, 5.41) is 2.56. The van der Waals surface area contributed by atoms with Gasteiger partial charge in [-0.15, -0.1) is 0 Å². The molecule has 0 atom stereocenters. The number of amides is 1. The number of hydrogen-bond donors (Lipinski definition) is 1. The Labute approximate surface area is 104 Å². The maximum atomic E-state index is 11.8. The van der Waals surface area contributed by atoms with E-state index >= 15 is 0 Å². The van der Waals surface area contributed by atoms with Crippen molar-refractivity contribution in [2.24, 2.45) is 0 Å². The first kappa shape index (κ1) is 11.6. The van der Waals surface area contributed by atoms with Crippen LogP contribution in [0.1, 0.15) is 10.4 Å². The minimum absolute atomic E-state index is 0.261. The zero-order chi connectivity index (χ0) is 12.1. The second-order valence-corrected chi connectivity index (χ2v) is 4.63. The monoisotopic (exact) mass is 289 g/mol. The molecule has 84 valence electrons. The van der Waals surface area contributed by atoms with Crippen molar-refractivity contribution in [3.8, 4) is 0 Å². The molecule has 1 aromatic heterocycles. The molecular weight excluding hydrogens is 281 g/mol. The number of carbonyl (C=O) groups excluding carboxylic acids is 1. The number of carbonyl (C=O) groups is 1. The van der Waals surface area contributed by atoms with Crippen LogP contribution in [0.15, 0.2) is 42.7 Å². The number of nitrogens with zero attached hydrogens (tertiary/aromatic N) is 2. The van der Waals surface area contributed by atoms with E-state index in [1.807, 2.05) is 0 Å². The molecule has 0 aliphatic rings. The van der Waals surface area contributed by atoms with Crippen LogP contribution in [0.3, 0.4) is 0 Å². The molecule has 5 nitrogen and oxygen atoms in total. The summed E-state index contributed by atoms with van der Waals surface area (Å²) in [6.07, 6.45) is 3.10. The zero-order valence-electron chi connectivity index (χ0n) is 8.70. The van der Waals surface area contributed by atoms with E-state index < -0.39 is 15.7 Å². The predicted molar refractivity (Wildman–Crippen MR) is 62.5 cm³/mol. The van der Waals surface area contributed by atoms with E-state index in [1.165, 1.54) is 0 Å². The summed E-state index contributed by atoms with van der Waals surface area (Å²) in [5.74, 6) is -0.0263. The van der Waals surface area contributed by atoms with Crippen molar-refractivity contribution in [2.75, 3.05) is 5.32 Å². The molecule has 0 saturated heterocycles. The third kappa shape index (κ3) is 3.04. The number of benzene rings is 1. The van der Waals surface area contributed by atoms with Crippen LogP contribution in [-0.4, -0.2) is 31.6 Å². The molecule has 2 rings (SSSR count). The van der Waals surface area contributed by atoms with Gasteiger partial charge in [-0.25, -0.2) is 0 Å². The van der Waals surface area contributed by atoms with E-state index in [0.29, 0.717) is 5.56 Å².